The fraction of sp³-hybridized carbons (Fsp3) is 0.714. The van der Waals surface area contributed by atoms with Crippen molar-refractivity contribution in [2.45, 2.75) is 32.9 Å². The van der Waals surface area contributed by atoms with E-state index in [4.69, 9.17) is 5.11 Å². The first-order valence-corrected chi connectivity index (χ1v) is 7.30. The molecule has 1 aliphatic heterocycles. The normalized spacial score (nSPS) is 19.1. The van der Waals surface area contributed by atoms with Gasteiger partial charge in [0.2, 0.25) is 0 Å². The van der Waals surface area contributed by atoms with E-state index >= 15 is 0 Å². The van der Waals surface area contributed by atoms with Crippen LogP contribution in [0.1, 0.15) is 31.9 Å². The van der Waals surface area contributed by atoms with Gasteiger partial charge >= 0.3 is 5.97 Å². The van der Waals surface area contributed by atoms with Crippen LogP contribution in [-0.4, -0.2) is 63.4 Å². The molecule has 0 radical (unpaired) electrons. The number of piperazine rings is 1. The minimum atomic E-state index is -0.715. The summed E-state index contributed by atoms with van der Waals surface area (Å²) in [6.45, 7) is 9.71. The molecule has 1 aromatic rings. The van der Waals surface area contributed by atoms with Gasteiger partial charge in [0.25, 0.3) is 0 Å². The van der Waals surface area contributed by atoms with Gasteiger partial charge in [-0.05, 0) is 13.8 Å². The van der Waals surface area contributed by atoms with E-state index in [9.17, 15) is 4.79 Å². The highest BCUT2D eigenvalue weighted by molar-refractivity contribution is 5.66. The Hall–Kier alpha value is -1.40. The monoisotopic (exact) mass is 280 g/mol. The maximum atomic E-state index is 10.6. The summed E-state index contributed by atoms with van der Waals surface area (Å²) in [5.74, 6) is -0.715. The number of aryl methyl sites for hydroxylation is 1. The van der Waals surface area contributed by atoms with Crippen molar-refractivity contribution in [2.75, 3.05) is 32.7 Å². The largest absolute Gasteiger partial charge is 0.481 e. The molecule has 0 amide bonds. The Balaban J connectivity index is 1.82. The quantitative estimate of drug-likeness (QED) is 0.844. The third-order valence-corrected chi connectivity index (χ3v) is 4.06. The summed E-state index contributed by atoms with van der Waals surface area (Å²) in [4.78, 5) is 15.3. The van der Waals surface area contributed by atoms with Crippen molar-refractivity contribution in [1.82, 2.24) is 19.6 Å². The smallest absolute Gasteiger partial charge is 0.304 e. The molecule has 0 aliphatic carbocycles. The summed E-state index contributed by atoms with van der Waals surface area (Å²) in [6, 6.07) is 0.372. The van der Waals surface area contributed by atoms with E-state index in [0.29, 0.717) is 12.6 Å². The van der Waals surface area contributed by atoms with Gasteiger partial charge in [-0.25, -0.2) is 0 Å². The van der Waals surface area contributed by atoms with E-state index in [1.54, 1.807) is 0 Å². The van der Waals surface area contributed by atoms with Gasteiger partial charge < -0.3 is 10.0 Å². The molecule has 2 heterocycles. The minimum absolute atomic E-state index is 0.235. The standard InChI is InChI=1S/C14H24N4O2/c1-3-18-11-13(10-15-18)12(2)17-8-6-16(7-9-17)5-4-14(19)20/h10-12H,3-9H2,1-2H3,(H,19,20). The first-order valence-electron chi connectivity index (χ1n) is 7.30. The Kier molecular flexibility index (Phi) is 5.14. The topological polar surface area (TPSA) is 61.6 Å². The molecule has 2 rings (SSSR count). The fourth-order valence-corrected chi connectivity index (χ4v) is 2.61. The highest BCUT2D eigenvalue weighted by Crippen LogP contribution is 2.21. The van der Waals surface area contributed by atoms with Crippen LogP contribution >= 0.6 is 0 Å². The number of carbonyl (C=O) groups is 1. The molecular weight excluding hydrogens is 256 g/mol. The van der Waals surface area contributed by atoms with Crippen molar-refractivity contribution < 1.29 is 9.90 Å². The molecule has 6 nitrogen and oxygen atoms in total. The molecule has 20 heavy (non-hydrogen) atoms. The number of carboxylic acid groups (broad SMARTS) is 1. The third-order valence-electron chi connectivity index (χ3n) is 4.06. The fourth-order valence-electron chi connectivity index (χ4n) is 2.61. The van der Waals surface area contributed by atoms with Crippen molar-refractivity contribution in [3.8, 4) is 0 Å². The van der Waals surface area contributed by atoms with Gasteiger partial charge in [-0.15, -0.1) is 0 Å². The number of aliphatic carboxylic acids is 1. The number of hydrogen-bond acceptors (Lipinski definition) is 4. The van der Waals surface area contributed by atoms with E-state index in [1.807, 2.05) is 10.9 Å². The third kappa shape index (κ3) is 3.80. The number of rotatable bonds is 6. The molecule has 0 saturated carbocycles. The summed E-state index contributed by atoms with van der Waals surface area (Å²) < 4.78 is 1.95. The Morgan fingerprint density at radius 1 is 1.40 bits per heavy atom. The van der Waals surface area contributed by atoms with Crippen molar-refractivity contribution in [2.24, 2.45) is 0 Å². The molecule has 1 unspecified atom stereocenters. The molecule has 1 atom stereocenters. The van der Waals surface area contributed by atoms with E-state index in [0.717, 1.165) is 32.7 Å². The van der Waals surface area contributed by atoms with Crippen LogP contribution in [0.2, 0.25) is 0 Å². The summed E-state index contributed by atoms with van der Waals surface area (Å²) in [6.07, 6.45) is 4.30. The number of hydrogen-bond donors (Lipinski definition) is 1. The Morgan fingerprint density at radius 2 is 2.10 bits per heavy atom. The molecule has 1 saturated heterocycles. The minimum Gasteiger partial charge on any atom is -0.481 e. The second-order valence-electron chi connectivity index (χ2n) is 5.33. The van der Waals surface area contributed by atoms with E-state index in [1.165, 1.54) is 5.56 Å². The molecule has 0 spiro atoms. The summed E-state index contributed by atoms with van der Waals surface area (Å²) in [7, 11) is 0. The first kappa shape index (κ1) is 15.0. The first-order chi connectivity index (χ1) is 9.60. The van der Waals surface area contributed by atoms with Gasteiger partial charge in [0, 0.05) is 57.1 Å². The lowest BCUT2D eigenvalue weighted by atomic mass is 10.1. The zero-order valence-electron chi connectivity index (χ0n) is 12.3. The van der Waals surface area contributed by atoms with Gasteiger partial charge in [0.15, 0.2) is 0 Å². The van der Waals surface area contributed by atoms with Gasteiger partial charge in [-0.2, -0.15) is 5.10 Å². The lowest BCUT2D eigenvalue weighted by Gasteiger charge is -2.37. The summed E-state index contributed by atoms with van der Waals surface area (Å²) in [5.41, 5.74) is 1.26. The van der Waals surface area contributed by atoms with E-state index in [2.05, 4.69) is 34.9 Å². The molecule has 0 bridgehead atoms. The molecule has 112 valence electrons. The second kappa shape index (κ2) is 6.85. The average Bonchev–Trinajstić information content (AvgIpc) is 2.94. The molecular formula is C14H24N4O2. The van der Waals surface area contributed by atoms with Crippen LogP contribution in [0.25, 0.3) is 0 Å². The van der Waals surface area contributed by atoms with Crippen LogP contribution in [0.5, 0.6) is 0 Å². The molecule has 1 fully saturated rings. The van der Waals surface area contributed by atoms with Crippen LogP contribution in [0.3, 0.4) is 0 Å². The molecule has 1 N–H and O–H groups in total. The van der Waals surface area contributed by atoms with Gasteiger partial charge in [0.05, 0.1) is 12.6 Å². The van der Waals surface area contributed by atoms with Crippen LogP contribution in [0, 0.1) is 0 Å². The second-order valence-corrected chi connectivity index (χ2v) is 5.33. The highest BCUT2D eigenvalue weighted by Gasteiger charge is 2.22. The Bertz CT molecular complexity index is 438. The van der Waals surface area contributed by atoms with Gasteiger partial charge in [0.1, 0.15) is 0 Å². The Labute approximate surface area is 120 Å². The molecule has 0 aromatic carbocycles. The van der Waals surface area contributed by atoms with Crippen molar-refractivity contribution in [3.05, 3.63) is 18.0 Å². The maximum Gasteiger partial charge on any atom is 0.304 e. The highest BCUT2D eigenvalue weighted by atomic mass is 16.4. The lowest BCUT2D eigenvalue weighted by Crippen LogP contribution is -2.47. The van der Waals surface area contributed by atoms with Gasteiger partial charge in [-0.1, -0.05) is 0 Å². The maximum absolute atomic E-state index is 10.6. The van der Waals surface area contributed by atoms with Crippen LogP contribution < -0.4 is 0 Å². The zero-order valence-corrected chi connectivity index (χ0v) is 12.3. The zero-order chi connectivity index (χ0) is 14.5. The van der Waals surface area contributed by atoms with Crippen molar-refractivity contribution >= 4 is 5.97 Å². The molecule has 6 heteroatoms. The predicted octanol–water partition coefficient (Wildman–Crippen LogP) is 1.06. The molecule has 1 aliphatic rings. The number of nitrogens with zero attached hydrogens (tertiary/aromatic N) is 4. The van der Waals surface area contributed by atoms with Crippen molar-refractivity contribution in [3.63, 3.8) is 0 Å². The summed E-state index contributed by atoms with van der Waals surface area (Å²) in [5, 5.41) is 13.0. The van der Waals surface area contributed by atoms with Crippen LogP contribution in [-0.2, 0) is 11.3 Å². The number of aromatic nitrogens is 2. The van der Waals surface area contributed by atoms with Gasteiger partial charge in [-0.3, -0.25) is 14.4 Å². The Morgan fingerprint density at radius 3 is 2.65 bits per heavy atom. The SMILES string of the molecule is CCn1cc(C(C)N2CCN(CCC(=O)O)CC2)cn1. The summed E-state index contributed by atoms with van der Waals surface area (Å²) >= 11 is 0. The lowest BCUT2D eigenvalue weighted by molar-refractivity contribution is -0.137. The van der Waals surface area contributed by atoms with Crippen LogP contribution in [0.15, 0.2) is 12.4 Å². The van der Waals surface area contributed by atoms with Crippen LogP contribution in [0.4, 0.5) is 0 Å². The number of carboxylic acids is 1. The van der Waals surface area contributed by atoms with E-state index in [-0.39, 0.29) is 6.42 Å². The predicted molar refractivity (Wildman–Crippen MR) is 76.6 cm³/mol. The average molecular weight is 280 g/mol. The van der Waals surface area contributed by atoms with E-state index < -0.39 is 5.97 Å². The van der Waals surface area contributed by atoms with Crippen molar-refractivity contribution in [1.29, 1.82) is 0 Å². The molecule has 1 aromatic heterocycles.